The van der Waals surface area contributed by atoms with E-state index in [2.05, 4.69) is 0 Å². The van der Waals surface area contributed by atoms with Gasteiger partial charge in [0.05, 0.1) is 0 Å². The molecule has 4 heteroatoms. The molecule has 4 nitrogen and oxygen atoms in total. The van der Waals surface area contributed by atoms with E-state index in [0.29, 0.717) is 12.3 Å². The average molecular weight is 194 g/mol. The summed E-state index contributed by atoms with van der Waals surface area (Å²) in [6.45, 7) is 3.20. The van der Waals surface area contributed by atoms with Crippen molar-refractivity contribution in [3.05, 3.63) is 23.7 Å². The maximum Gasteiger partial charge on any atom is 0.289 e. The van der Waals surface area contributed by atoms with E-state index in [1.54, 1.807) is 17.0 Å². The van der Waals surface area contributed by atoms with E-state index in [1.807, 2.05) is 6.92 Å². The smallest absolute Gasteiger partial charge is 0.289 e. The van der Waals surface area contributed by atoms with Crippen molar-refractivity contribution >= 4 is 5.91 Å². The Morgan fingerprint density at radius 1 is 1.64 bits per heavy atom. The molecular weight excluding hydrogens is 180 g/mol. The predicted octanol–water partition coefficient (Wildman–Crippen LogP) is 0.761. The lowest BCUT2D eigenvalue weighted by Crippen LogP contribution is -2.31. The van der Waals surface area contributed by atoms with Crippen molar-refractivity contribution in [1.82, 2.24) is 4.90 Å². The van der Waals surface area contributed by atoms with Crippen molar-refractivity contribution in [2.45, 2.75) is 19.4 Å². The number of furan rings is 1. The average Bonchev–Trinajstić information content (AvgIpc) is 2.73. The zero-order chi connectivity index (χ0) is 10.1. The van der Waals surface area contributed by atoms with Crippen LogP contribution >= 0.6 is 0 Å². The maximum atomic E-state index is 11.8. The molecule has 0 unspecified atom stereocenters. The number of carbonyl (C=O) groups excluding carboxylic acids is 1. The summed E-state index contributed by atoms with van der Waals surface area (Å²) in [5.41, 5.74) is 5.72. The molecule has 1 aliphatic rings. The van der Waals surface area contributed by atoms with E-state index in [0.717, 1.165) is 18.7 Å². The summed E-state index contributed by atoms with van der Waals surface area (Å²) in [6, 6.07) is 3.63. The minimum absolute atomic E-state index is 0.0500. The van der Waals surface area contributed by atoms with Crippen LogP contribution in [0.2, 0.25) is 0 Å². The van der Waals surface area contributed by atoms with Crippen LogP contribution in [0.5, 0.6) is 0 Å². The second-order valence-corrected chi connectivity index (χ2v) is 3.71. The zero-order valence-corrected chi connectivity index (χ0v) is 8.19. The molecule has 2 heterocycles. The van der Waals surface area contributed by atoms with Gasteiger partial charge in [-0.25, -0.2) is 0 Å². The number of carbonyl (C=O) groups is 1. The first-order valence-corrected chi connectivity index (χ1v) is 4.78. The van der Waals surface area contributed by atoms with Crippen LogP contribution in [0.25, 0.3) is 0 Å². The SMILES string of the molecule is Cc1ccc(C(=O)N2CC[C@@H](N)C2)o1. The highest BCUT2D eigenvalue weighted by atomic mass is 16.3. The Hall–Kier alpha value is -1.29. The summed E-state index contributed by atoms with van der Waals surface area (Å²) in [5, 5.41) is 0. The Bertz CT molecular complexity index is 346. The summed E-state index contributed by atoms with van der Waals surface area (Å²) in [5.74, 6) is 1.12. The number of rotatable bonds is 1. The van der Waals surface area contributed by atoms with E-state index in [1.165, 1.54) is 0 Å². The lowest BCUT2D eigenvalue weighted by molar-refractivity contribution is 0.0758. The number of hydrogen-bond donors (Lipinski definition) is 1. The van der Waals surface area contributed by atoms with Crippen molar-refractivity contribution in [2.75, 3.05) is 13.1 Å². The first-order chi connectivity index (χ1) is 6.66. The van der Waals surface area contributed by atoms with Gasteiger partial charge in [0.1, 0.15) is 5.76 Å². The summed E-state index contributed by atoms with van der Waals surface area (Å²) in [6.07, 6.45) is 0.880. The van der Waals surface area contributed by atoms with Gasteiger partial charge in [-0.1, -0.05) is 0 Å². The number of likely N-dealkylation sites (tertiary alicyclic amines) is 1. The van der Waals surface area contributed by atoms with E-state index in [4.69, 9.17) is 10.2 Å². The fourth-order valence-electron chi connectivity index (χ4n) is 1.68. The summed E-state index contributed by atoms with van der Waals surface area (Å²) in [4.78, 5) is 13.5. The molecule has 1 amide bonds. The van der Waals surface area contributed by atoms with Crippen molar-refractivity contribution in [3.63, 3.8) is 0 Å². The molecule has 1 saturated heterocycles. The van der Waals surface area contributed by atoms with Crippen LogP contribution in [0.1, 0.15) is 22.7 Å². The molecule has 2 N–H and O–H groups in total. The molecule has 14 heavy (non-hydrogen) atoms. The normalized spacial score (nSPS) is 21.6. The third kappa shape index (κ3) is 1.65. The van der Waals surface area contributed by atoms with Crippen molar-refractivity contribution in [3.8, 4) is 0 Å². The second-order valence-electron chi connectivity index (χ2n) is 3.71. The van der Waals surface area contributed by atoms with E-state index < -0.39 is 0 Å². The van der Waals surface area contributed by atoms with Crippen LogP contribution in [-0.2, 0) is 0 Å². The second kappa shape index (κ2) is 3.46. The maximum absolute atomic E-state index is 11.8. The summed E-state index contributed by atoms with van der Waals surface area (Å²) in [7, 11) is 0. The Morgan fingerprint density at radius 2 is 2.43 bits per heavy atom. The van der Waals surface area contributed by atoms with Gasteiger partial charge in [-0.2, -0.15) is 0 Å². The topological polar surface area (TPSA) is 59.5 Å². The van der Waals surface area contributed by atoms with Gasteiger partial charge in [-0.3, -0.25) is 4.79 Å². The van der Waals surface area contributed by atoms with Crippen molar-refractivity contribution in [1.29, 1.82) is 0 Å². The van der Waals surface area contributed by atoms with Gasteiger partial charge in [0.25, 0.3) is 5.91 Å². The van der Waals surface area contributed by atoms with Gasteiger partial charge in [-0.15, -0.1) is 0 Å². The van der Waals surface area contributed by atoms with E-state index >= 15 is 0 Å². The Kier molecular flexibility index (Phi) is 2.29. The van der Waals surface area contributed by atoms with Gasteiger partial charge in [0.2, 0.25) is 0 Å². The number of amides is 1. The number of nitrogens with zero attached hydrogens (tertiary/aromatic N) is 1. The van der Waals surface area contributed by atoms with Crippen LogP contribution in [0.4, 0.5) is 0 Å². The molecule has 1 aromatic heterocycles. The Labute approximate surface area is 82.7 Å². The largest absolute Gasteiger partial charge is 0.456 e. The molecule has 2 rings (SSSR count). The van der Waals surface area contributed by atoms with Gasteiger partial charge in [0.15, 0.2) is 5.76 Å². The number of hydrogen-bond acceptors (Lipinski definition) is 3. The third-order valence-corrected chi connectivity index (χ3v) is 2.46. The molecule has 0 aromatic carbocycles. The molecule has 1 aliphatic heterocycles. The van der Waals surface area contributed by atoms with Crippen molar-refractivity contribution < 1.29 is 9.21 Å². The molecule has 0 aliphatic carbocycles. The van der Waals surface area contributed by atoms with Gasteiger partial charge in [0, 0.05) is 19.1 Å². The molecule has 1 atom stereocenters. The summed E-state index contributed by atoms with van der Waals surface area (Å²) >= 11 is 0. The van der Waals surface area contributed by atoms with Crippen molar-refractivity contribution in [2.24, 2.45) is 5.73 Å². The monoisotopic (exact) mass is 194 g/mol. The highest BCUT2D eigenvalue weighted by Crippen LogP contribution is 2.14. The minimum atomic E-state index is -0.0500. The zero-order valence-electron chi connectivity index (χ0n) is 8.19. The molecule has 76 valence electrons. The Balaban J connectivity index is 2.09. The molecule has 0 bridgehead atoms. The standard InChI is InChI=1S/C10H14N2O2/c1-7-2-3-9(14-7)10(13)12-5-4-8(11)6-12/h2-3,8H,4-6,11H2,1H3/t8-/m1/s1. The highest BCUT2D eigenvalue weighted by Gasteiger charge is 2.26. The fourth-order valence-corrected chi connectivity index (χ4v) is 1.68. The van der Waals surface area contributed by atoms with Gasteiger partial charge in [-0.05, 0) is 25.5 Å². The molecular formula is C10H14N2O2. The Morgan fingerprint density at radius 3 is 2.93 bits per heavy atom. The summed E-state index contributed by atoms with van der Waals surface area (Å²) < 4.78 is 5.26. The molecule has 1 aromatic rings. The molecule has 0 spiro atoms. The van der Waals surface area contributed by atoms with Gasteiger partial charge < -0.3 is 15.1 Å². The van der Waals surface area contributed by atoms with Crippen LogP contribution in [0.3, 0.4) is 0 Å². The van der Waals surface area contributed by atoms with Crippen LogP contribution in [0.15, 0.2) is 16.5 Å². The quantitative estimate of drug-likeness (QED) is 0.718. The highest BCUT2D eigenvalue weighted by molar-refractivity contribution is 5.91. The molecule has 1 fully saturated rings. The number of aryl methyl sites for hydroxylation is 1. The van der Waals surface area contributed by atoms with E-state index in [9.17, 15) is 4.79 Å². The minimum Gasteiger partial charge on any atom is -0.456 e. The lowest BCUT2D eigenvalue weighted by atomic mass is 10.3. The molecule has 0 saturated carbocycles. The van der Waals surface area contributed by atoms with Gasteiger partial charge >= 0.3 is 0 Å². The van der Waals surface area contributed by atoms with Crippen LogP contribution in [0, 0.1) is 6.92 Å². The van der Waals surface area contributed by atoms with Crippen LogP contribution in [-0.4, -0.2) is 29.9 Å². The van der Waals surface area contributed by atoms with Crippen LogP contribution < -0.4 is 5.73 Å². The first-order valence-electron chi connectivity index (χ1n) is 4.78. The number of nitrogens with two attached hydrogens (primary N) is 1. The van der Waals surface area contributed by atoms with E-state index in [-0.39, 0.29) is 11.9 Å². The molecule has 0 radical (unpaired) electrons. The lowest BCUT2D eigenvalue weighted by Gasteiger charge is -2.13. The first kappa shape index (κ1) is 9.27. The third-order valence-electron chi connectivity index (χ3n) is 2.46. The predicted molar refractivity (Wildman–Crippen MR) is 51.9 cm³/mol. The fraction of sp³-hybridized carbons (Fsp3) is 0.500.